The maximum Gasteiger partial charge on any atom is 0.139 e. The van der Waals surface area contributed by atoms with Crippen molar-refractivity contribution in [3.63, 3.8) is 0 Å². The van der Waals surface area contributed by atoms with Crippen LogP contribution in [0.5, 0.6) is 0 Å². The number of aryl methyl sites for hydroxylation is 1. The van der Waals surface area contributed by atoms with Gasteiger partial charge >= 0.3 is 0 Å². The third-order valence-electron chi connectivity index (χ3n) is 6.50. The van der Waals surface area contributed by atoms with Crippen LogP contribution in [-0.2, 0) is 11.3 Å². The average Bonchev–Trinajstić information content (AvgIpc) is 3.31. The van der Waals surface area contributed by atoms with Crippen molar-refractivity contribution in [2.45, 2.75) is 89.1 Å². The topological polar surface area (TPSA) is 42.3 Å². The molecule has 1 aromatic rings. The Hall–Kier alpha value is -0.910. The normalized spacial score (nSPS) is 30.1. The maximum atomic E-state index is 6.05. The van der Waals surface area contributed by atoms with E-state index in [0.717, 1.165) is 31.4 Å². The van der Waals surface area contributed by atoms with Crippen LogP contribution < -0.4 is 5.32 Å². The largest absolute Gasteiger partial charge is 0.369 e. The SMILES string of the molecule is CCn1ccnc1[C@H]1OCC[C@@H]1NC1CCN(C2CCCCC2)CC1. The lowest BCUT2D eigenvalue weighted by Crippen LogP contribution is -2.50. The van der Waals surface area contributed by atoms with E-state index in [1.54, 1.807) is 0 Å². The van der Waals surface area contributed by atoms with E-state index in [1.807, 2.05) is 6.20 Å². The number of hydrogen-bond donors (Lipinski definition) is 1. The fraction of sp³-hybridized carbons (Fsp3) is 0.850. The van der Waals surface area contributed by atoms with Gasteiger partial charge in [0, 0.05) is 43.7 Å². The molecule has 3 fully saturated rings. The lowest BCUT2D eigenvalue weighted by molar-refractivity contribution is 0.0773. The number of nitrogens with zero attached hydrogens (tertiary/aromatic N) is 3. The molecule has 1 saturated carbocycles. The summed E-state index contributed by atoms with van der Waals surface area (Å²) in [5.41, 5.74) is 0. The zero-order chi connectivity index (χ0) is 17.1. The van der Waals surface area contributed by atoms with E-state index in [9.17, 15) is 0 Å². The molecule has 0 unspecified atom stereocenters. The standard InChI is InChI=1S/C20H34N4O/c1-2-23-14-11-21-20(23)19-18(10-15-25-19)22-16-8-12-24(13-9-16)17-6-4-3-5-7-17/h11,14,16-19,22H,2-10,12-13,15H2,1H3/t18-,19-/m0/s1. The van der Waals surface area contributed by atoms with Gasteiger partial charge in [0.1, 0.15) is 11.9 Å². The Morgan fingerprint density at radius 3 is 2.68 bits per heavy atom. The summed E-state index contributed by atoms with van der Waals surface area (Å²) in [5, 5.41) is 3.93. The van der Waals surface area contributed by atoms with Gasteiger partial charge in [-0.1, -0.05) is 19.3 Å². The summed E-state index contributed by atoms with van der Waals surface area (Å²) in [6.07, 6.45) is 14.9. The highest BCUT2D eigenvalue weighted by atomic mass is 16.5. The van der Waals surface area contributed by atoms with Crippen molar-refractivity contribution < 1.29 is 4.74 Å². The van der Waals surface area contributed by atoms with Gasteiger partial charge in [0.25, 0.3) is 0 Å². The molecule has 5 heteroatoms. The number of likely N-dealkylation sites (tertiary alicyclic amines) is 1. The number of nitrogens with one attached hydrogen (secondary N) is 1. The summed E-state index contributed by atoms with van der Waals surface area (Å²) in [6, 6.07) is 1.92. The minimum absolute atomic E-state index is 0.117. The van der Waals surface area contributed by atoms with E-state index in [1.165, 1.54) is 58.0 Å². The van der Waals surface area contributed by atoms with Crippen molar-refractivity contribution in [1.82, 2.24) is 19.8 Å². The van der Waals surface area contributed by atoms with Gasteiger partial charge in [0.05, 0.1) is 0 Å². The fourth-order valence-corrected chi connectivity index (χ4v) is 5.04. The van der Waals surface area contributed by atoms with Crippen LogP contribution in [0, 0.1) is 0 Å². The lowest BCUT2D eigenvalue weighted by atomic mass is 9.92. The molecule has 1 aromatic heterocycles. The Morgan fingerprint density at radius 2 is 1.92 bits per heavy atom. The van der Waals surface area contributed by atoms with E-state index < -0.39 is 0 Å². The molecule has 0 radical (unpaired) electrons. The Bertz CT molecular complexity index is 532. The monoisotopic (exact) mass is 346 g/mol. The number of aromatic nitrogens is 2. The van der Waals surface area contributed by atoms with Gasteiger partial charge in [-0.05, 0) is 52.1 Å². The van der Waals surface area contributed by atoms with Crippen LogP contribution in [0.3, 0.4) is 0 Å². The molecule has 5 nitrogen and oxygen atoms in total. The molecule has 3 heterocycles. The first kappa shape index (κ1) is 17.5. The van der Waals surface area contributed by atoms with Gasteiger partial charge < -0.3 is 19.5 Å². The van der Waals surface area contributed by atoms with Crippen LogP contribution in [0.4, 0.5) is 0 Å². The van der Waals surface area contributed by atoms with Gasteiger partial charge in [-0.3, -0.25) is 0 Å². The summed E-state index contributed by atoms with van der Waals surface area (Å²) < 4.78 is 8.27. The minimum Gasteiger partial charge on any atom is -0.369 e. The predicted molar refractivity (Wildman–Crippen MR) is 99.6 cm³/mol. The Labute approximate surface area is 152 Å². The first-order chi connectivity index (χ1) is 12.3. The van der Waals surface area contributed by atoms with Crippen molar-refractivity contribution in [2.75, 3.05) is 19.7 Å². The number of hydrogen-bond acceptors (Lipinski definition) is 4. The number of rotatable bonds is 5. The van der Waals surface area contributed by atoms with Crippen molar-refractivity contribution in [2.24, 2.45) is 0 Å². The zero-order valence-corrected chi connectivity index (χ0v) is 15.7. The molecule has 0 amide bonds. The molecule has 1 aliphatic carbocycles. The minimum atomic E-state index is 0.117. The number of imidazole rings is 1. The van der Waals surface area contributed by atoms with E-state index in [4.69, 9.17) is 4.74 Å². The Morgan fingerprint density at radius 1 is 1.12 bits per heavy atom. The second-order valence-corrected chi connectivity index (χ2v) is 8.03. The van der Waals surface area contributed by atoms with Crippen molar-refractivity contribution in [3.8, 4) is 0 Å². The second kappa shape index (κ2) is 8.19. The molecule has 140 valence electrons. The van der Waals surface area contributed by atoms with Crippen LogP contribution in [-0.4, -0.2) is 52.3 Å². The molecule has 25 heavy (non-hydrogen) atoms. The fourth-order valence-electron chi connectivity index (χ4n) is 5.04. The lowest BCUT2D eigenvalue weighted by Gasteiger charge is -2.40. The van der Waals surface area contributed by atoms with E-state index in [0.29, 0.717) is 12.1 Å². The molecule has 4 rings (SSSR count). The highest BCUT2D eigenvalue weighted by Crippen LogP contribution is 2.30. The van der Waals surface area contributed by atoms with Gasteiger partial charge in [-0.15, -0.1) is 0 Å². The smallest absolute Gasteiger partial charge is 0.139 e. The van der Waals surface area contributed by atoms with Gasteiger partial charge in [-0.2, -0.15) is 0 Å². The van der Waals surface area contributed by atoms with Crippen molar-refractivity contribution in [1.29, 1.82) is 0 Å². The quantitative estimate of drug-likeness (QED) is 0.889. The van der Waals surface area contributed by atoms with Gasteiger partial charge in [0.15, 0.2) is 0 Å². The van der Waals surface area contributed by atoms with Gasteiger partial charge in [-0.25, -0.2) is 4.98 Å². The molecule has 1 N–H and O–H groups in total. The third-order valence-corrected chi connectivity index (χ3v) is 6.50. The number of piperidine rings is 1. The maximum absolute atomic E-state index is 6.05. The van der Waals surface area contributed by atoms with Crippen LogP contribution >= 0.6 is 0 Å². The molecule has 0 aromatic carbocycles. The summed E-state index contributed by atoms with van der Waals surface area (Å²) >= 11 is 0. The van der Waals surface area contributed by atoms with Crippen LogP contribution in [0.25, 0.3) is 0 Å². The molecule has 3 aliphatic rings. The molecular formula is C20H34N4O. The Kier molecular flexibility index (Phi) is 5.73. The van der Waals surface area contributed by atoms with Crippen molar-refractivity contribution >= 4 is 0 Å². The first-order valence-corrected chi connectivity index (χ1v) is 10.5. The molecule has 2 aliphatic heterocycles. The molecule has 0 bridgehead atoms. The zero-order valence-electron chi connectivity index (χ0n) is 15.7. The van der Waals surface area contributed by atoms with Gasteiger partial charge in [0.2, 0.25) is 0 Å². The summed E-state index contributed by atoms with van der Waals surface area (Å²) in [4.78, 5) is 7.34. The Balaban J connectivity index is 1.30. The van der Waals surface area contributed by atoms with Crippen LogP contribution in [0.15, 0.2) is 12.4 Å². The highest BCUT2D eigenvalue weighted by molar-refractivity contribution is 5.04. The third kappa shape index (κ3) is 3.93. The average molecular weight is 347 g/mol. The van der Waals surface area contributed by atoms with Crippen molar-refractivity contribution in [3.05, 3.63) is 18.2 Å². The van der Waals surface area contributed by atoms with E-state index in [-0.39, 0.29) is 6.10 Å². The highest BCUT2D eigenvalue weighted by Gasteiger charge is 2.35. The molecular weight excluding hydrogens is 312 g/mol. The summed E-state index contributed by atoms with van der Waals surface area (Å²) in [6.45, 7) is 6.51. The van der Waals surface area contributed by atoms with Crippen LogP contribution in [0.2, 0.25) is 0 Å². The molecule has 0 spiro atoms. The number of ether oxygens (including phenoxy) is 1. The summed E-state index contributed by atoms with van der Waals surface area (Å²) in [5.74, 6) is 1.09. The summed E-state index contributed by atoms with van der Waals surface area (Å²) in [7, 11) is 0. The second-order valence-electron chi connectivity index (χ2n) is 8.03. The first-order valence-electron chi connectivity index (χ1n) is 10.5. The predicted octanol–water partition coefficient (Wildman–Crippen LogP) is 3.12. The van der Waals surface area contributed by atoms with E-state index >= 15 is 0 Å². The molecule has 2 saturated heterocycles. The van der Waals surface area contributed by atoms with Crippen LogP contribution in [0.1, 0.15) is 70.2 Å². The molecule has 2 atom stereocenters. The van der Waals surface area contributed by atoms with E-state index in [2.05, 4.69) is 32.9 Å².